The Balaban J connectivity index is 2.01. The van der Waals surface area contributed by atoms with Crippen LogP contribution in [0.2, 0.25) is 0 Å². The van der Waals surface area contributed by atoms with Crippen LogP contribution in [-0.2, 0) is 4.79 Å². The highest BCUT2D eigenvalue weighted by Gasteiger charge is 2.27. The van der Waals surface area contributed by atoms with Crippen LogP contribution in [0.1, 0.15) is 56.3 Å². The van der Waals surface area contributed by atoms with Crippen LogP contribution >= 0.6 is 0 Å². The van der Waals surface area contributed by atoms with Crippen LogP contribution in [0, 0.1) is 11.7 Å². The molecule has 1 saturated carbocycles. The first kappa shape index (κ1) is 17.4. The van der Waals surface area contributed by atoms with E-state index in [0.717, 1.165) is 25.7 Å². The summed E-state index contributed by atoms with van der Waals surface area (Å²) in [6.07, 6.45) is 5.43. The maximum Gasteiger partial charge on any atom is 0.254 e. The number of carbonyl (C=O) groups excluding carboxylic acids is 2. The van der Waals surface area contributed by atoms with Crippen molar-refractivity contribution in [3.05, 3.63) is 35.6 Å². The Morgan fingerprint density at radius 2 is 1.78 bits per heavy atom. The van der Waals surface area contributed by atoms with Crippen molar-refractivity contribution in [1.82, 2.24) is 10.6 Å². The molecule has 2 N–H and O–H groups in total. The Hall–Kier alpha value is -1.91. The van der Waals surface area contributed by atoms with Gasteiger partial charge in [0.15, 0.2) is 0 Å². The van der Waals surface area contributed by atoms with Crippen molar-refractivity contribution in [2.75, 3.05) is 0 Å². The Kier molecular flexibility index (Phi) is 6.13. The lowest BCUT2D eigenvalue weighted by Crippen LogP contribution is -2.52. The molecule has 1 aliphatic rings. The van der Waals surface area contributed by atoms with Crippen LogP contribution in [-0.4, -0.2) is 23.9 Å². The molecule has 0 radical (unpaired) electrons. The number of halogens is 1. The second-order valence-corrected chi connectivity index (χ2v) is 6.52. The van der Waals surface area contributed by atoms with Crippen LogP contribution in [0.15, 0.2) is 24.3 Å². The van der Waals surface area contributed by atoms with Crippen LogP contribution in [0.25, 0.3) is 0 Å². The van der Waals surface area contributed by atoms with Crippen LogP contribution in [0.4, 0.5) is 4.39 Å². The van der Waals surface area contributed by atoms with Crippen molar-refractivity contribution < 1.29 is 14.0 Å². The molecule has 0 unspecified atom stereocenters. The molecular weight excluding hydrogens is 295 g/mol. The molecule has 1 aromatic rings. The molecule has 0 aromatic heterocycles. The number of nitrogens with one attached hydrogen (secondary N) is 2. The van der Waals surface area contributed by atoms with Crippen molar-refractivity contribution in [3.8, 4) is 0 Å². The molecule has 1 aromatic carbocycles. The highest BCUT2D eigenvalue weighted by molar-refractivity contribution is 5.97. The molecule has 0 saturated heterocycles. The molecule has 2 amide bonds. The van der Waals surface area contributed by atoms with Gasteiger partial charge in [-0.25, -0.2) is 4.39 Å². The molecule has 4 nitrogen and oxygen atoms in total. The average Bonchev–Trinajstić information content (AvgIpc) is 2.53. The third-order valence-corrected chi connectivity index (χ3v) is 4.31. The first-order chi connectivity index (χ1) is 11.0. The van der Waals surface area contributed by atoms with Crippen molar-refractivity contribution in [1.29, 1.82) is 0 Å². The van der Waals surface area contributed by atoms with E-state index in [1.54, 1.807) is 6.07 Å². The van der Waals surface area contributed by atoms with E-state index >= 15 is 0 Å². The minimum Gasteiger partial charge on any atom is -0.352 e. The summed E-state index contributed by atoms with van der Waals surface area (Å²) >= 11 is 0. The first-order valence-corrected chi connectivity index (χ1v) is 8.35. The fraction of sp³-hybridized carbons (Fsp3) is 0.556. The summed E-state index contributed by atoms with van der Waals surface area (Å²) in [6.45, 7) is 3.74. The van der Waals surface area contributed by atoms with Gasteiger partial charge in [-0.3, -0.25) is 9.59 Å². The van der Waals surface area contributed by atoms with E-state index in [2.05, 4.69) is 10.6 Å². The van der Waals surface area contributed by atoms with Gasteiger partial charge in [0.05, 0.1) is 5.56 Å². The summed E-state index contributed by atoms with van der Waals surface area (Å²) in [6, 6.07) is 5.31. The summed E-state index contributed by atoms with van der Waals surface area (Å²) in [7, 11) is 0. The minimum absolute atomic E-state index is 0.0383. The number of amides is 2. The predicted octanol–water partition coefficient (Wildman–Crippen LogP) is 3.03. The number of carbonyl (C=O) groups is 2. The van der Waals surface area contributed by atoms with Crippen LogP contribution in [0.3, 0.4) is 0 Å². The maximum absolute atomic E-state index is 13.7. The van der Waals surface area contributed by atoms with E-state index in [0.29, 0.717) is 0 Å². The van der Waals surface area contributed by atoms with Crippen LogP contribution < -0.4 is 10.6 Å². The van der Waals surface area contributed by atoms with Gasteiger partial charge in [0, 0.05) is 6.04 Å². The largest absolute Gasteiger partial charge is 0.352 e. The van der Waals surface area contributed by atoms with E-state index < -0.39 is 17.8 Å². The Morgan fingerprint density at radius 3 is 2.39 bits per heavy atom. The summed E-state index contributed by atoms with van der Waals surface area (Å²) in [5, 5.41) is 5.70. The lowest BCUT2D eigenvalue weighted by molar-refractivity contribution is -0.124. The fourth-order valence-electron chi connectivity index (χ4n) is 2.94. The average molecular weight is 320 g/mol. The molecule has 0 spiro atoms. The molecular formula is C18H25FN2O2. The van der Waals surface area contributed by atoms with Gasteiger partial charge in [0.1, 0.15) is 11.9 Å². The summed E-state index contributed by atoms with van der Waals surface area (Å²) in [4.78, 5) is 24.7. The number of hydrogen-bond donors (Lipinski definition) is 2. The van der Waals surface area contributed by atoms with E-state index in [9.17, 15) is 14.0 Å². The lowest BCUT2D eigenvalue weighted by atomic mass is 9.94. The van der Waals surface area contributed by atoms with Crippen molar-refractivity contribution in [3.63, 3.8) is 0 Å². The minimum atomic E-state index is -0.663. The molecule has 2 rings (SSSR count). The highest BCUT2D eigenvalue weighted by Crippen LogP contribution is 2.18. The van der Waals surface area contributed by atoms with Gasteiger partial charge in [-0.15, -0.1) is 0 Å². The Labute approximate surface area is 136 Å². The quantitative estimate of drug-likeness (QED) is 0.876. The number of hydrogen-bond acceptors (Lipinski definition) is 2. The van der Waals surface area contributed by atoms with E-state index in [1.165, 1.54) is 24.6 Å². The Morgan fingerprint density at radius 1 is 1.13 bits per heavy atom. The van der Waals surface area contributed by atoms with Gasteiger partial charge in [-0.2, -0.15) is 0 Å². The maximum atomic E-state index is 13.7. The topological polar surface area (TPSA) is 58.2 Å². The SMILES string of the molecule is CC(C)[C@@H](NC(=O)c1ccccc1F)C(=O)NC1CCCCC1. The molecule has 1 aliphatic carbocycles. The highest BCUT2D eigenvalue weighted by atomic mass is 19.1. The normalized spacial score (nSPS) is 16.9. The molecule has 1 fully saturated rings. The second kappa shape index (κ2) is 8.09. The molecule has 0 bridgehead atoms. The van der Waals surface area contributed by atoms with Gasteiger partial charge in [0.2, 0.25) is 5.91 Å². The molecule has 1 atom stereocenters. The molecule has 0 heterocycles. The third-order valence-electron chi connectivity index (χ3n) is 4.31. The summed E-state index contributed by atoms with van der Waals surface area (Å²) < 4.78 is 13.7. The predicted molar refractivity (Wildman–Crippen MR) is 87.5 cm³/mol. The zero-order valence-corrected chi connectivity index (χ0v) is 13.8. The smallest absolute Gasteiger partial charge is 0.254 e. The van der Waals surface area contributed by atoms with Gasteiger partial charge < -0.3 is 10.6 Å². The van der Waals surface area contributed by atoms with E-state index in [1.807, 2.05) is 13.8 Å². The van der Waals surface area contributed by atoms with E-state index in [4.69, 9.17) is 0 Å². The number of benzene rings is 1. The summed E-state index contributed by atoms with van der Waals surface area (Å²) in [5.41, 5.74) is -0.0383. The zero-order valence-electron chi connectivity index (χ0n) is 13.8. The van der Waals surface area contributed by atoms with Gasteiger partial charge in [-0.05, 0) is 30.9 Å². The lowest BCUT2D eigenvalue weighted by Gasteiger charge is -2.27. The van der Waals surface area contributed by atoms with Crippen molar-refractivity contribution in [2.45, 2.75) is 58.0 Å². The first-order valence-electron chi connectivity index (χ1n) is 8.35. The van der Waals surface area contributed by atoms with Gasteiger partial charge >= 0.3 is 0 Å². The van der Waals surface area contributed by atoms with Crippen molar-refractivity contribution in [2.24, 2.45) is 5.92 Å². The monoisotopic (exact) mass is 320 g/mol. The fourth-order valence-corrected chi connectivity index (χ4v) is 2.94. The number of rotatable bonds is 5. The standard InChI is InChI=1S/C18H25FN2O2/c1-12(2)16(18(23)20-13-8-4-3-5-9-13)21-17(22)14-10-6-7-11-15(14)19/h6-7,10-13,16H,3-5,8-9H2,1-2H3,(H,20,23)(H,21,22)/t16-/m1/s1. The van der Waals surface area contributed by atoms with Crippen LogP contribution in [0.5, 0.6) is 0 Å². The zero-order chi connectivity index (χ0) is 16.8. The second-order valence-electron chi connectivity index (χ2n) is 6.52. The van der Waals surface area contributed by atoms with Gasteiger partial charge in [-0.1, -0.05) is 45.2 Å². The van der Waals surface area contributed by atoms with Gasteiger partial charge in [0.25, 0.3) is 5.91 Å². The molecule has 0 aliphatic heterocycles. The molecule has 126 valence electrons. The summed E-state index contributed by atoms with van der Waals surface area (Å²) in [5.74, 6) is -1.40. The molecule has 5 heteroatoms. The van der Waals surface area contributed by atoms with Crippen molar-refractivity contribution >= 4 is 11.8 Å². The third kappa shape index (κ3) is 4.78. The molecule has 23 heavy (non-hydrogen) atoms. The Bertz CT molecular complexity index is 554. The van der Waals surface area contributed by atoms with E-state index in [-0.39, 0.29) is 23.4 Å².